The van der Waals surface area contributed by atoms with Crippen LogP contribution in [-0.4, -0.2) is 30.8 Å². The molecule has 0 bridgehead atoms. The Balaban J connectivity index is 1.81. The Kier molecular flexibility index (Phi) is 3.75. The lowest BCUT2D eigenvalue weighted by Gasteiger charge is -2.33. The van der Waals surface area contributed by atoms with Crippen LogP contribution in [0.5, 0.6) is 0 Å². The molecule has 6 nitrogen and oxygen atoms in total. The summed E-state index contributed by atoms with van der Waals surface area (Å²) in [5, 5.41) is 17.8. The van der Waals surface area contributed by atoms with E-state index in [9.17, 15) is 0 Å². The summed E-state index contributed by atoms with van der Waals surface area (Å²) in [7, 11) is 1.91. The number of hydrogen-bond donors (Lipinski definition) is 0. The third-order valence-corrected chi connectivity index (χ3v) is 4.42. The summed E-state index contributed by atoms with van der Waals surface area (Å²) >= 11 is 0. The number of nitriles is 1. The highest BCUT2D eigenvalue weighted by molar-refractivity contribution is 5.28. The molecule has 6 heteroatoms. The number of nitrogens with zero attached hydrogens (tertiary/aromatic N) is 6. The highest BCUT2D eigenvalue weighted by Crippen LogP contribution is 2.28. The van der Waals surface area contributed by atoms with E-state index < -0.39 is 0 Å². The van der Waals surface area contributed by atoms with Crippen LogP contribution in [0.1, 0.15) is 55.6 Å². The molecule has 0 N–H and O–H groups in total. The first-order valence-corrected chi connectivity index (χ1v) is 7.73. The molecule has 22 heavy (non-hydrogen) atoms. The molecule has 3 heterocycles. The van der Waals surface area contributed by atoms with E-state index >= 15 is 0 Å². The van der Waals surface area contributed by atoms with Crippen molar-refractivity contribution in [2.75, 3.05) is 6.54 Å². The van der Waals surface area contributed by atoms with Gasteiger partial charge in [0.25, 0.3) is 0 Å². The molecule has 1 unspecified atom stereocenters. The average Bonchev–Trinajstić information content (AvgIpc) is 3.05. The van der Waals surface area contributed by atoms with Gasteiger partial charge in [0.05, 0.1) is 6.04 Å². The molecule has 116 valence electrons. The third-order valence-electron chi connectivity index (χ3n) is 4.42. The summed E-state index contributed by atoms with van der Waals surface area (Å²) in [6.45, 7) is 9.22. The standard InChI is InChI=1S/C16H22N6/c1-11(2)15-18-19-16-12(3)21(5-6-22(15)16)10-13-7-14(8-17)20(4)9-13/h7,9,11-12H,5-6,10H2,1-4H3. The smallest absolute Gasteiger partial charge is 0.150 e. The van der Waals surface area contributed by atoms with E-state index in [-0.39, 0.29) is 6.04 Å². The summed E-state index contributed by atoms with van der Waals surface area (Å²) in [4.78, 5) is 2.39. The Labute approximate surface area is 131 Å². The summed E-state index contributed by atoms with van der Waals surface area (Å²) in [6, 6.07) is 4.41. The third kappa shape index (κ3) is 2.42. The van der Waals surface area contributed by atoms with Crippen LogP contribution in [0.4, 0.5) is 0 Å². The van der Waals surface area contributed by atoms with Crippen molar-refractivity contribution in [3.63, 3.8) is 0 Å². The maximum atomic E-state index is 9.07. The topological polar surface area (TPSA) is 62.7 Å². The number of fused-ring (bicyclic) bond motifs is 1. The van der Waals surface area contributed by atoms with Gasteiger partial charge in [0, 0.05) is 38.8 Å². The SMILES string of the molecule is CC(C)c1nnc2n1CCN(Cc1cc(C#N)n(C)c1)C2C. The van der Waals surface area contributed by atoms with E-state index in [1.807, 2.05) is 23.9 Å². The maximum Gasteiger partial charge on any atom is 0.150 e. The highest BCUT2D eigenvalue weighted by atomic mass is 15.4. The van der Waals surface area contributed by atoms with Gasteiger partial charge in [-0.3, -0.25) is 4.90 Å². The molecule has 0 fully saturated rings. The minimum Gasteiger partial charge on any atom is -0.342 e. The Bertz CT molecular complexity index is 718. The second-order valence-electron chi connectivity index (χ2n) is 6.33. The second kappa shape index (κ2) is 5.58. The van der Waals surface area contributed by atoms with Crippen molar-refractivity contribution >= 4 is 0 Å². The van der Waals surface area contributed by atoms with E-state index in [1.165, 1.54) is 5.56 Å². The average molecular weight is 298 g/mol. The number of aryl methyl sites for hydroxylation is 1. The van der Waals surface area contributed by atoms with Crippen LogP contribution in [0.15, 0.2) is 12.3 Å². The summed E-state index contributed by atoms with van der Waals surface area (Å²) in [5.74, 6) is 2.52. The molecule has 0 aliphatic carbocycles. The molecule has 0 saturated carbocycles. The van der Waals surface area contributed by atoms with Crippen LogP contribution in [0.3, 0.4) is 0 Å². The van der Waals surface area contributed by atoms with E-state index in [0.717, 1.165) is 31.3 Å². The summed E-state index contributed by atoms with van der Waals surface area (Å²) < 4.78 is 4.14. The Morgan fingerprint density at radius 1 is 1.36 bits per heavy atom. The van der Waals surface area contributed by atoms with Crippen molar-refractivity contribution in [2.24, 2.45) is 7.05 Å². The maximum absolute atomic E-state index is 9.07. The molecule has 0 saturated heterocycles. The van der Waals surface area contributed by atoms with Gasteiger partial charge in [-0.05, 0) is 18.6 Å². The monoisotopic (exact) mass is 298 g/mol. The lowest BCUT2D eigenvalue weighted by molar-refractivity contribution is 0.154. The highest BCUT2D eigenvalue weighted by Gasteiger charge is 2.28. The minimum absolute atomic E-state index is 0.236. The van der Waals surface area contributed by atoms with Crippen LogP contribution in [-0.2, 0) is 20.1 Å². The van der Waals surface area contributed by atoms with Gasteiger partial charge < -0.3 is 9.13 Å². The molecule has 0 amide bonds. The first-order chi connectivity index (χ1) is 10.5. The largest absolute Gasteiger partial charge is 0.342 e. The van der Waals surface area contributed by atoms with Crippen molar-refractivity contribution in [1.29, 1.82) is 5.26 Å². The Morgan fingerprint density at radius 3 is 2.77 bits per heavy atom. The predicted octanol–water partition coefficient (Wildman–Crippen LogP) is 2.19. The van der Waals surface area contributed by atoms with Crippen molar-refractivity contribution in [3.05, 3.63) is 35.2 Å². The fourth-order valence-corrected chi connectivity index (χ4v) is 3.16. The van der Waals surface area contributed by atoms with Crippen molar-refractivity contribution in [3.8, 4) is 6.07 Å². The number of rotatable bonds is 3. The molecule has 2 aromatic heterocycles. The van der Waals surface area contributed by atoms with Gasteiger partial charge in [0.2, 0.25) is 0 Å². The number of aromatic nitrogens is 4. The zero-order valence-corrected chi connectivity index (χ0v) is 13.6. The molecule has 3 rings (SSSR count). The molecule has 0 aromatic carbocycles. The second-order valence-corrected chi connectivity index (χ2v) is 6.33. The molecule has 2 aromatic rings. The lowest BCUT2D eigenvalue weighted by atomic mass is 10.1. The van der Waals surface area contributed by atoms with Crippen molar-refractivity contribution in [1.82, 2.24) is 24.2 Å². The molecule has 1 aliphatic heterocycles. The molecular weight excluding hydrogens is 276 g/mol. The summed E-state index contributed by atoms with van der Waals surface area (Å²) in [6.07, 6.45) is 2.03. The van der Waals surface area contributed by atoms with Gasteiger partial charge in [0.15, 0.2) is 0 Å². The quantitative estimate of drug-likeness (QED) is 0.871. The Morgan fingerprint density at radius 2 is 2.14 bits per heavy atom. The zero-order valence-electron chi connectivity index (χ0n) is 13.6. The molecule has 1 atom stereocenters. The van der Waals surface area contributed by atoms with Gasteiger partial charge in [0.1, 0.15) is 23.4 Å². The molecule has 1 aliphatic rings. The van der Waals surface area contributed by atoms with Crippen LogP contribution >= 0.6 is 0 Å². The van der Waals surface area contributed by atoms with Gasteiger partial charge >= 0.3 is 0 Å². The van der Waals surface area contributed by atoms with Gasteiger partial charge in [-0.1, -0.05) is 13.8 Å². The van der Waals surface area contributed by atoms with Crippen molar-refractivity contribution < 1.29 is 0 Å². The van der Waals surface area contributed by atoms with Gasteiger partial charge in [-0.25, -0.2) is 0 Å². The van der Waals surface area contributed by atoms with Crippen LogP contribution in [0.25, 0.3) is 0 Å². The Hall–Kier alpha value is -2.13. The van der Waals surface area contributed by atoms with Crippen LogP contribution in [0, 0.1) is 11.3 Å². The molecule has 0 radical (unpaired) electrons. The van der Waals surface area contributed by atoms with E-state index in [2.05, 4.69) is 46.5 Å². The molecular formula is C16H22N6. The molecule has 0 spiro atoms. The number of hydrogen-bond acceptors (Lipinski definition) is 4. The lowest BCUT2D eigenvalue weighted by Crippen LogP contribution is -2.37. The zero-order chi connectivity index (χ0) is 15.9. The fourth-order valence-electron chi connectivity index (χ4n) is 3.16. The normalized spacial score (nSPS) is 18.5. The first kappa shape index (κ1) is 14.8. The first-order valence-electron chi connectivity index (χ1n) is 7.73. The van der Waals surface area contributed by atoms with E-state index in [1.54, 1.807) is 0 Å². The van der Waals surface area contributed by atoms with Gasteiger partial charge in [-0.2, -0.15) is 5.26 Å². The van der Waals surface area contributed by atoms with Crippen LogP contribution in [0.2, 0.25) is 0 Å². The van der Waals surface area contributed by atoms with Crippen LogP contribution < -0.4 is 0 Å². The fraction of sp³-hybridized carbons (Fsp3) is 0.562. The summed E-state index contributed by atoms with van der Waals surface area (Å²) in [5.41, 5.74) is 1.87. The van der Waals surface area contributed by atoms with E-state index in [0.29, 0.717) is 11.6 Å². The minimum atomic E-state index is 0.236. The van der Waals surface area contributed by atoms with Gasteiger partial charge in [-0.15, -0.1) is 10.2 Å². The predicted molar refractivity (Wildman–Crippen MR) is 83.1 cm³/mol. The van der Waals surface area contributed by atoms with Crippen molar-refractivity contribution in [2.45, 2.75) is 45.8 Å². The van der Waals surface area contributed by atoms with E-state index in [4.69, 9.17) is 5.26 Å².